The minimum Gasteiger partial charge on any atom is -0.506 e. The summed E-state index contributed by atoms with van der Waals surface area (Å²) in [6.45, 7) is 1.84. The van der Waals surface area contributed by atoms with Gasteiger partial charge in [-0.15, -0.1) is 0 Å². The molecule has 1 aromatic carbocycles. The van der Waals surface area contributed by atoms with Crippen molar-refractivity contribution in [3.05, 3.63) is 28.3 Å². The summed E-state index contributed by atoms with van der Waals surface area (Å²) < 4.78 is 0. The second-order valence-electron chi connectivity index (χ2n) is 3.25. The van der Waals surface area contributed by atoms with Crippen molar-refractivity contribution in [3.63, 3.8) is 0 Å². The second kappa shape index (κ2) is 4.64. The van der Waals surface area contributed by atoms with Gasteiger partial charge in [0.2, 0.25) is 0 Å². The molecule has 0 aliphatic heterocycles. The maximum absolute atomic E-state index is 9.68. The first kappa shape index (κ1) is 11.3. The van der Waals surface area contributed by atoms with E-state index in [1.165, 1.54) is 0 Å². The second-order valence-corrected chi connectivity index (χ2v) is 3.65. The van der Waals surface area contributed by atoms with E-state index in [0.717, 1.165) is 5.56 Å². The highest BCUT2D eigenvalue weighted by Crippen LogP contribution is 2.34. The van der Waals surface area contributed by atoms with Crippen LogP contribution in [0.25, 0.3) is 0 Å². The average Bonchev–Trinajstić information content (AvgIpc) is 2.13. The van der Waals surface area contributed by atoms with Crippen LogP contribution in [0, 0.1) is 6.92 Å². The number of aliphatic hydroxyl groups is 1. The number of halogens is 1. The molecule has 14 heavy (non-hydrogen) atoms. The van der Waals surface area contributed by atoms with Gasteiger partial charge in [-0.3, -0.25) is 0 Å². The fourth-order valence-corrected chi connectivity index (χ4v) is 1.60. The number of phenols is 1. The molecule has 0 saturated heterocycles. The number of aromatic hydroxyl groups is 1. The number of aliphatic hydroxyl groups excluding tert-OH is 1. The molecule has 0 aromatic heterocycles. The Kier molecular flexibility index (Phi) is 3.75. The summed E-state index contributed by atoms with van der Waals surface area (Å²) in [7, 11) is 0. The Labute approximate surface area is 88.1 Å². The van der Waals surface area contributed by atoms with Crippen LogP contribution in [0.5, 0.6) is 5.75 Å². The van der Waals surface area contributed by atoms with Crippen LogP contribution >= 0.6 is 11.6 Å². The molecule has 3 nitrogen and oxygen atoms in total. The van der Waals surface area contributed by atoms with Crippen LogP contribution < -0.4 is 5.73 Å². The quantitative estimate of drug-likeness (QED) is 0.720. The van der Waals surface area contributed by atoms with E-state index in [9.17, 15) is 5.11 Å². The number of aryl methyl sites for hydroxylation is 1. The molecule has 0 amide bonds. The number of rotatable bonds is 3. The number of phenolic OH excluding ortho intramolecular Hbond substituents is 1. The molecule has 0 heterocycles. The minimum atomic E-state index is -0.376. The van der Waals surface area contributed by atoms with E-state index in [1.54, 1.807) is 12.1 Å². The third kappa shape index (κ3) is 2.18. The fraction of sp³-hybridized carbons (Fsp3) is 0.400. The minimum absolute atomic E-state index is 0.00738. The van der Waals surface area contributed by atoms with Gasteiger partial charge in [-0.25, -0.2) is 0 Å². The predicted molar refractivity (Wildman–Crippen MR) is 56.5 cm³/mol. The monoisotopic (exact) mass is 215 g/mol. The van der Waals surface area contributed by atoms with Crippen LogP contribution in [0.15, 0.2) is 12.1 Å². The maximum Gasteiger partial charge on any atom is 0.139 e. The van der Waals surface area contributed by atoms with E-state index >= 15 is 0 Å². The van der Waals surface area contributed by atoms with Gasteiger partial charge in [0, 0.05) is 18.2 Å². The molecule has 4 heteroatoms. The van der Waals surface area contributed by atoms with Crippen LogP contribution in [-0.4, -0.2) is 16.8 Å². The Hall–Kier alpha value is -0.770. The predicted octanol–water partition coefficient (Wildman–Crippen LogP) is 1.74. The first-order valence-corrected chi connectivity index (χ1v) is 4.80. The lowest BCUT2D eigenvalue weighted by atomic mass is 9.98. The van der Waals surface area contributed by atoms with Crippen LogP contribution in [0.2, 0.25) is 5.02 Å². The van der Waals surface area contributed by atoms with E-state index in [1.807, 2.05) is 6.92 Å². The normalized spacial score (nSPS) is 12.9. The van der Waals surface area contributed by atoms with Crippen LogP contribution in [0.3, 0.4) is 0 Å². The number of hydrogen-bond donors (Lipinski definition) is 3. The topological polar surface area (TPSA) is 66.5 Å². The van der Waals surface area contributed by atoms with Crippen molar-refractivity contribution in [3.8, 4) is 5.75 Å². The first-order valence-electron chi connectivity index (χ1n) is 4.42. The number of benzene rings is 1. The molecule has 0 aliphatic carbocycles. The van der Waals surface area contributed by atoms with E-state index in [4.69, 9.17) is 22.4 Å². The smallest absolute Gasteiger partial charge is 0.139 e. The van der Waals surface area contributed by atoms with Crippen LogP contribution in [0.4, 0.5) is 0 Å². The van der Waals surface area contributed by atoms with Crippen molar-refractivity contribution in [1.82, 2.24) is 0 Å². The fourth-order valence-electron chi connectivity index (χ4n) is 1.43. The lowest BCUT2D eigenvalue weighted by Gasteiger charge is -2.15. The molecule has 1 unspecified atom stereocenters. The van der Waals surface area contributed by atoms with Gasteiger partial charge in [0.25, 0.3) is 0 Å². The van der Waals surface area contributed by atoms with Gasteiger partial charge >= 0.3 is 0 Å². The summed E-state index contributed by atoms with van der Waals surface area (Å²) in [5.74, 6) is 0.0209. The zero-order valence-electron chi connectivity index (χ0n) is 8.00. The Morgan fingerprint density at radius 3 is 2.71 bits per heavy atom. The van der Waals surface area contributed by atoms with Gasteiger partial charge in [0.05, 0.1) is 5.02 Å². The highest BCUT2D eigenvalue weighted by Gasteiger charge is 2.15. The summed E-state index contributed by atoms with van der Waals surface area (Å²) >= 11 is 5.76. The zero-order chi connectivity index (χ0) is 10.7. The highest BCUT2D eigenvalue weighted by molar-refractivity contribution is 6.32. The van der Waals surface area contributed by atoms with Crippen molar-refractivity contribution in [2.24, 2.45) is 5.73 Å². The Morgan fingerprint density at radius 2 is 2.14 bits per heavy atom. The molecule has 4 N–H and O–H groups in total. The Balaban J connectivity index is 3.11. The molecule has 1 atom stereocenters. The van der Waals surface area contributed by atoms with E-state index in [0.29, 0.717) is 17.0 Å². The van der Waals surface area contributed by atoms with Crippen molar-refractivity contribution < 1.29 is 10.2 Å². The largest absolute Gasteiger partial charge is 0.506 e. The summed E-state index contributed by atoms with van der Waals surface area (Å²) in [5, 5.41) is 18.7. The molecule has 0 bridgehead atoms. The lowest BCUT2D eigenvalue weighted by molar-refractivity contribution is 0.275. The van der Waals surface area contributed by atoms with Crippen molar-refractivity contribution >= 4 is 11.6 Å². The molecule has 0 saturated carbocycles. The van der Waals surface area contributed by atoms with Gasteiger partial charge in [-0.1, -0.05) is 17.7 Å². The summed E-state index contributed by atoms with van der Waals surface area (Å²) in [6.07, 6.45) is 0.411. The van der Waals surface area contributed by atoms with Gasteiger partial charge in [-0.05, 0) is 25.0 Å². The summed E-state index contributed by atoms with van der Waals surface area (Å²) in [6, 6.07) is 3.05. The third-order valence-electron chi connectivity index (χ3n) is 2.20. The van der Waals surface area contributed by atoms with Gasteiger partial charge in [-0.2, -0.15) is 0 Å². The van der Waals surface area contributed by atoms with Gasteiger partial charge in [0.1, 0.15) is 5.75 Å². The van der Waals surface area contributed by atoms with Crippen LogP contribution in [0.1, 0.15) is 23.6 Å². The zero-order valence-corrected chi connectivity index (χ0v) is 8.75. The Morgan fingerprint density at radius 1 is 1.50 bits per heavy atom. The number of nitrogens with two attached hydrogens (primary N) is 1. The van der Waals surface area contributed by atoms with Crippen molar-refractivity contribution in [2.75, 3.05) is 6.61 Å². The molecule has 1 aromatic rings. The molecule has 0 fully saturated rings. The SMILES string of the molecule is Cc1ccc(Cl)c(O)c1C(N)CCO. The highest BCUT2D eigenvalue weighted by atomic mass is 35.5. The van der Waals surface area contributed by atoms with E-state index < -0.39 is 0 Å². The van der Waals surface area contributed by atoms with E-state index in [2.05, 4.69) is 0 Å². The molecule has 0 aliphatic rings. The Bertz CT molecular complexity index is 328. The van der Waals surface area contributed by atoms with Gasteiger partial charge < -0.3 is 15.9 Å². The standard InChI is InChI=1S/C10H14ClNO2/c1-6-2-3-7(11)10(14)9(6)8(12)4-5-13/h2-3,8,13-14H,4-5,12H2,1H3. The van der Waals surface area contributed by atoms with Gasteiger partial charge in [0.15, 0.2) is 0 Å². The summed E-state index contributed by atoms with van der Waals surface area (Å²) in [4.78, 5) is 0. The number of hydrogen-bond acceptors (Lipinski definition) is 3. The van der Waals surface area contributed by atoms with Crippen molar-refractivity contribution in [1.29, 1.82) is 0 Å². The molecule has 0 radical (unpaired) electrons. The van der Waals surface area contributed by atoms with Crippen LogP contribution in [-0.2, 0) is 0 Å². The third-order valence-corrected chi connectivity index (χ3v) is 2.50. The lowest BCUT2D eigenvalue weighted by Crippen LogP contribution is -2.13. The maximum atomic E-state index is 9.68. The molecular formula is C10H14ClNO2. The molecule has 78 valence electrons. The first-order chi connectivity index (χ1) is 6.57. The van der Waals surface area contributed by atoms with Crippen molar-refractivity contribution in [2.45, 2.75) is 19.4 Å². The summed E-state index contributed by atoms with van der Waals surface area (Å²) in [5.41, 5.74) is 7.30. The molecule has 0 spiro atoms. The molecular weight excluding hydrogens is 202 g/mol. The average molecular weight is 216 g/mol. The van der Waals surface area contributed by atoms with E-state index in [-0.39, 0.29) is 18.4 Å². The molecule has 1 rings (SSSR count).